The van der Waals surface area contributed by atoms with Crippen LogP contribution in [0, 0.1) is 0 Å². The minimum Gasteiger partial charge on any atom is -0.756 e. The summed E-state index contributed by atoms with van der Waals surface area (Å²) in [5.41, 5.74) is 4.44. The average molecular weight is 669 g/mol. The number of rotatable bonds is 10. The Morgan fingerprint density at radius 1 is 1.07 bits per heavy atom. The average Bonchev–Trinajstić information content (AvgIpc) is 3.65. The molecule has 0 spiro atoms. The highest BCUT2D eigenvalue weighted by Crippen LogP contribution is 2.58. The minimum absolute atomic E-state index is 0.103. The van der Waals surface area contributed by atoms with E-state index in [0.717, 1.165) is 21.8 Å². The van der Waals surface area contributed by atoms with Gasteiger partial charge in [-0.2, -0.15) is 4.98 Å². The maximum atomic E-state index is 12.3. The van der Waals surface area contributed by atoms with Crippen LogP contribution in [0.4, 0.5) is 5.95 Å². The van der Waals surface area contributed by atoms with Gasteiger partial charge in [0.15, 0.2) is 23.6 Å². The number of aromatic amines is 1. The number of fused-ring (bicyclic) bond motifs is 1. The van der Waals surface area contributed by atoms with Gasteiger partial charge in [-0.1, -0.05) is 5.21 Å². The first-order valence-corrected chi connectivity index (χ1v) is 15.5. The molecule has 3 aromatic rings. The first-order valence-electron chi connectivity index (χ1n) is 12.6. The van der Waals surface area contributed by atoms with E-state index in [1.165, 1.54) is 6.92 Å². The molecule has 3 aromatic heterocycles. The van der Waals surface area contributed by atoms with Crippen molar-refractivity contribution in [2.24, 2.45) is 0 Å². The van der Waals surface area contributed by atoms with E-state index in [0.29, 0.717) is 0 Å². The monoisotopic (exact) mass is 669 g/mol. The second-order valence-corrected chi connectivity index (χ2v) is 12.8. The molecule has 0 aliphatic carbocycles. The summed E-state index contributed by atoms with van der Waals surface area (Å²) in [5, 5.41) is 58.0. The Labute approximate surface area is 244 Å². The lowest BCUT2D eigenvalue weighted by molar-refractivity contribution is -0.243. The van der Waals surface area contributed by atoms with Crippen LogP contribution in [0.1, 0.15) is 25.1 Å². The van der Waals surface area contributed by atoms with Crippen LogP contribution in [0.25, 0.3) is 11.2 Å². The highest BCUT2D eigenvalue weighted by molar-refractivity contribution is 7.60. The molecule has 0 radical (unpaired) electrons. The number of aliphatic hydroxyl groups is 5. The summed E-state index contributed by atoms with van der Waals surface area (Å²) in [5.74, 6) is -0.269. The number of nitrogens with two attached hydrogens (primary N) is 1. The Morgan fingerprint density at radius 2 is 1.77 bits per heavy atom. The second kappa shape index (κ2) is 12.2. The molecule has 9 N–H and O–H groups in total. The maximum absolute atomic E-state index is 12.3. The summed E-state index contributed by atoms with van der Waals surface area (Å²) in [4.78, 5) is 44.2. The van der Waals surface area contributed by atoms with Gasteiger partial charge in [0.05, 0.1) is 25.2 Å². The lowest BCUT2D eigenvalue weighted by Crippen LogP contribution is -2.54. The van der Waals surface area contributed by atoms with E-state index in [4.69, 9.17) is 15.2 Å². The number of phosphoric ester groups is 2. The molecule has 2 aliphatic heterocycles. The lowest BCUT2D eigenvalue weighted by Gasteiger charge is -2.38. The number of hydrogen-bond donors (Lipinski definition) is 8. The van der Waals surface area contributed by atoms with Crippen LogP contribution in [0.2, 0.25) is 0 Å². The van der Waals surface area contributed by atoms with Gasteiger partial charge in [-0.05, 0) is 6.92 Å². The summed E-state index contributed by atoms with van der Waals surface area (Å²) in [6.45, 7) is -0.375. The van der Waals surface area contributed by atoms with Crippen molar-refractivity contribution in [3.63, 3.8) is 0 Å². The van der Waals surface area contributed by atoms with Crippen LogP contribution in [-0.2, 0) is 38.6 Å². The molecule has 2 unspecified atom stereocenters. The summed E-state index contributed by atoms with van der Waals surface area (Å²) in [7, 11) is -11.0. The van der Waals surface area contributed by atoms with E-state index in [9.17, 15) is 49.2 Å². The van der Waals surface area contributed by atoms with Crippen molar-refractivity contribution in [2.45, 2.75) is 68.7 Å². The third-order valence-corrected chi connectivity index (χ3v) is 9.23. The first kappa shape index (κ1) is 32.7. The predicted octanol–water partition coefficient (Wildman–Crippen LogP) is -4.27. The fourth-order valence-corrected chi connectivity index (χ4v) is 6.48. The number of aromatic nitrogens is 7. The SMILES string of the molecule is C[C@@H]1O[C@H](n2cc(COP(=O)(O)OP(=O)([O-])OC[C@H]3O[C@@H](n4cnc5c(=O)[nH]c(N)nc54)[C@H](O)[C@@H]3O)nn2)[C@@H](O)[C@H](O)[C@@H]1O. The van der Waals surface area contributed by atoms with Gasteiger partial charge in [-0.15, -0.1) is 5.10 Å². The third kappa shape index (κ3) is 6.61. The van der Waals surface area contributed by atoms with Gasteiger partial charge in [0.1, 0.15) is 48.9 Å². The third-order valence-electron chi connectivity index (χ3n) is 6.68. The van der Waals surface area contributed by atoms with Gasteiger partial charge in [0, 0.05) is 0 Å². The summed E-state index contributed by atoms with van der Waals surface area (Å²) in [6, 6.07) is 0. The molecule has 0 amide bonds. The summed E-state index contributed by atoms with van der Waals surface area (Å²) < 4.78 is 50.8. The number of H-pyrrole nitrogens is 1. The quantitative estimate of drug-likeness (QED) is 0.0947. The topological polar surface area (TPSA) is 345 Å². The minimum atomic E-state index is -5.61. The van der Waals surface area contributed by atoms with Crippen molar-refractivity contribution < 1.29 is 67.3 Å². The highest BCUT2D eigenvalue weighted by atomic mass is 31.3. The van der Waals surface area contributed by atoms with E-state index in [1.54, 1.807) is 0 Å². The Kier molecular flexibility index (Phi) is 9.07. The van der Waals surface area contributed by atoms with Gasteiger partial charge in [-0.25, -0.2) is 18.5 Å². The largest absolute Gasteiger partial charge is 0.756 e. The predicted molar refractivity (Wildman–Crippen MR) is 135 cm³/mol. The Morgan fingerprint density at radius 3 is 2.50 bits per heavy atom. The number of anilines is 1. The van der Waals surface area contributed by atoms with E-state index in [1.807, 2.05) is 0 Å². The number of imidazole rings is 1. The Hall–Kier alpha value is -2.73. The standard InChI is InChI=1S/C19H28N8O15P2/c1-6-10(28)12(30)14(32)18(40-6)27-2-7(24-25-27)3-38-43(34,35)42-44(36,37)39-4-8-11(29)13(31)17(41-8)26-5-21-9-15(26)22-19(20)23-16(9)33/h2,5-6,8,10-14,17-18,28-32H,3-4H2,1H3,(H,34,35)(H,36,37)(H3,20,22,23,33)/p-1/t6-,8+,10+,11+,12+,13+,14-,17+,18-/m0/s1. The fourth-order valence-electron chi connectivity index (χ4n) is 4.46. The van der Waals surface area contributed by atoms with Gasteiger partial charge in [0.25, 0.3) is 13.4 Å². The van der Waals surface area contributed by atoms with E-state index >= 15 is 0 Å². The molecule has 244 valence electrons. The molecular weight excluding hydrogens is 642 g/mol. The molecule has 0 bridgehead atoms. The normalized spacial score (nSPS) is 33.8. The van der Waals surface area contributed by atoms with Crippen molar-refractivity contribution in [3.05, 3.63) is 28.6 Å². The van der Waals surface area contributed by atoms with E-state index in [2.05, 4.69) is 38.6 Å². The molecule has 0 aromatic carbocycles. The van der Waals surface area contributed by atoms with E-state index < -0.39 is 89.6 Å². The molecule has 2 aliphatic rings. The van der Waals surface area contributed by atoms with Gasteiger partial charge < -0.3 is 55.1 Å². The number of aliphatic hydroxyl groups excluding tert-OH is 5. The molecule has 44 heavy (non-hydrogen) atoms. The molecule has 25 heteroatoms. The van der Waals surface area contributed by atoms with Crippen LogP contribution in [0.15, 0.2) is 17.3 Å². The van der Waals surface area contributed by atoms with Gasteiger partial charge in [-0.3, -0.25) is 23.4 Å². The highest BCUT2D eigenvalue weighted by Gasteiger charge is 2.46. The van der Waals surface area contributed by atoms with Crippen LogP contribution in [0.5, 0.6) is 0 Å². The fraction of sp³-hybridized carbons (Fsp3) is 0.632. The second-order valence-electron chi connectivity index (χ2n) is 9.78. The zero-order valence-corrected chi connectivity index (χ0v) is 24.1. The number of phosphoric acid groups is 2. The summed E-state index contributed by atoms with van der Waals surface area (Å²) >= 11 is 0. The van der Waals surface area contributed by atoms with Crippen molar-refractivity contribution >= 4 is 32.8 Å². The molecular formula is C19H27N8O15P2-. The smallest absolute Gasteiger partial charge is 0.479 e. The number of nitrogens with zero attached hydrogens (tertiary/aromatic N) is 6. The van der Waals surface area contributed by atoms with Crippen molar-refractivity contribution in [3.8, 4) is 0 Å². The van der Waals surface area contributed by atoms with Crippen LogP contribution in [-0.4, -0.2) is 114 Å². The molecule has 2 saturated heterocycles. The molecule has 5 heterocycles. The van der Waals surface area contributed by atoms with Crippen molar-refractivity contribution in [1.29, 1.82) is 0 Å². The summed E-state index contributed by atoms with van der Waals surface area (Å²) in [6.07, 6.45) is -10.9. The number of nitrogens with one attached hydrogen (secondary N) is 1. The molecule has 11 atom stereocenters. The van der Waals surface area contributed by atoms with Crippen LogP contribution < -0.4 is 16.2 Å². The molecule has 0 saturated carbocycles. The first-order chi connectivity index (χ1) is 20.6. The zero-order valence-electron chi connectivity index (χ0n) is 22.3. The van der Waals surface area contributed by atoms with Gasteiger partial charge >= 0.3 is 7.82 Å². The number of hydrogen-bond acceptors (Lipinski definition) is 19. The maximum Gasteiger partial charge on any atom is 0.479 e. The zero-order chi connectivity index (χ0) is 32.1. The van der Waals surface area contributed by atoms with Gasteiger partial charge in [0.2, 0.25) is 5.95 Å². The van der Waals surface area contributed by atoms with Crippen LogP contribution >= 0.6 is 15.6 Å². The van der Waals surface area contributed by atoms with E-state index in [-0.39, 0.29) is 22.8 Å². The Balaban J connectivity index is 1.16. The number of ether oxygens (including phenoxy) is 2. The molecule has 2 fully saturated rings. The lowest BCUT2D eigenvalue weighted by atomic mass is 9.99. The number of nitrogen functional groups attached to an aromatic ring is 1. The Bertz CT molecular complexity index is 1650. The van der Waals surface area contributed by atoms with Crippen LogP contribution in [0.3, 0.4) is 0 Å². The van der Waals surface area contributed by atoms with Crippen molar-refractivity contribution in [2.75, 3.05) is 12.3 Å². The molecule has 23 nitrogen and oxygen atoms in total. The molecule has 5 rings (SSSR count). The van der Waals surface area contributed by atoms with Crippen molar-refractivity contribution in [1.82, 2.24) is 34.5 Å².